The second-order valence-electron chi connectivity index (χ2n) is 3.25. The van der Waals surface area contributed by atoms with Gasteiger partial charge in [0, 0.05) is 0 Å². The summed E-state index contributed by atoms with van der Waals surface area (Å²) in [5.74, 6) is 0.675. The zero-order valence-electron chi connectivity index (χ0n) is 8.12. The number of nitrogens with zero attached hydrogens (tertiary/aromatic N) is 1. The van der Waals surface area contributed by atoms with E-state index in [2.05, 4.69) is 26.2 Å². The van der Waals surface area contributed by atoms with Crippen molar-refractivity contribution in [3.63, 3.8) is 0 Å². The Bertz CT molecular complexity index is 326. The summed E-state index contributed by atoms with van der Waals surface area (Å²) >= 11 is 3.23. The molecule has 0 aliphatic rings. The summed E-state index contributed by atoms with van der Waals surface area (Å²) in [6.07, 6.45) is 1.61. The van der Waals surface area contributed by atoms with Gasteiger partial charge in [-0.25, -0.2) is 4.98 Å². The maximum absolute atomic E-state index is 11.3. The lowest BCUT2D eigenvalue weighted by Crippen LogP contribution is -2.15. The zero-order valence-corrected chi connectivity index (χ0v) is 9.71. The average molecular weight is 256 g/mol. The largest absolute Gasteiger partial charge is 0.310 e. The summed E-state index contributed by atoms with van der Waals surface area (Å²) in [4.78, 5) is 15.4. The second-order valence-corrected chi connectivity index (χ2v) is 4.06. The van der Waals surface area contributed by atoms with Gasteiger partial charge in [-0.3, -0.25) is 4.79 Å². The van der Waals surface area contributed by atoms with Crippen molar-refractivity contribution in [1.82, 2.24) is 4.98 Å². The number of pyridine rings is 1. The lowest BCUT2D eigenvalue weighted by molar-refractivity contribution is -0.113. The molecule has 0 aliphatic carbocycles. The van der Waals surface area contributed by atoms with Crippen LogP contribution in [-0.4, -0.2) is 10.9 Å². The third-order valence-electron chi connectivity index (χ3n) is 1.45. The first-order valence-electron chi connectivity index (χ1n) is 4.36. The Morgan fingerprint density at radius 2 is 2.29 bits per heavy atom. The molecule has 0 fully saturated rings. The molecule has 14 heavy (non-hydrogen) atoms. The van der Waals surface area contributed by atoms with Crippen molar-refractivity contribution in [3.05, 3.63) is 29.2 Å². The van der Waals surface area contributed by atoms with Crippen molar-refractivity contribution in [2.24, 2.45) is 5.92 Å². The molecule has 1 heterocycles. The quantitative estimate of drug-likeness (QED) is 0.844. The van der Waals surface area contributed by atoms with Gasteiger partial charge in [-0.05, 0) is 34.0 Å². The highest BCUT2D eigenvalue weighted by molar-refractivity contribution is 9.10. The maximum Gasteiger partial charge on any atom is 0.229 e. The monoisotopic (exact) mass is 255 g/mol. The van der Waals surface area contributed by atoms with Crippen LogP contribution in [0.15, 0.2) is 22.8 Å². The molecule has 1 radical (unpaired) electrons. The minimum Gasteiger partial charge on any atom is -0.310 e. The molecule has 0 spiro atoms. The van der Waals surface area contributed by atoms with E-state index >= 15 is 0 Å². The highest BCUT2D eigenvalue weighted by Gasteiger charge is 2.06. The van der Waals surface area contributed by atoms with Gasteiger partial charge in [0.25, 0.3) is 0 Å². The molecule has 1 aromatic rings. The summed E-state index contributed by atoms with van der Waals surface area (Å²) in [6.45, 7) is 3.90. The number of aromatic nitrogens is 1. The number of nitrogens with one attached hydrogen (secondary N) is 1. The van der Waals surface area contributed by atoms with Crippen molar-refractivity contribution < 1.29 is 4.79 Å². The van der Waals surface area contributed by atoms with Gasteiger partial charge in [0.05, 0.1) is 6.42 Å². The Balaban J connectivity index is 2.56. The number of carbonyl (C=O) groups excluding carboxylic acids is 1. The van der Waals surface area contributed by atoms with Crippen LogP contribution < -0.4 is 5.32 Å². The van der Waals surface area contributed by atoms with Crippen molar-refractivity contribution in [1.29, 1.82) is 0 Å². The van der Waals surface area contributed by atoms with Crippen molar-refractivity contribution in [2.45, 2.75) is 13.8 Å². The number of anilines is 1. The number of halogens is 1. The number of hydrogen-bond acceptors (Lipinski definition) is 2. The van der Waals surface area contributed by atoms with E-state index in [-0.39, 0.29) is 11.8 Å². The fraction of sp³-hybridized carbons (Fsp3) is 0.300. The SMILES string of the molecule is CC(C)[CH]C(=O)Nc1cccc(Br)n1. The summed E-state index contributed by atoms with van der Waals surface area (Å²) in [5.41, 5.74) is 0. The minimum atomic E-state index is -0.120. The van der Waals surface area contributed by atoms with Crippen LogP contribution in [0.5, 0.6) is 0 Å². The van der Waals surface area contributed by atoms with Crippen LogP contribution in [0.2, 0.25) is 0 Å². The molecular formula is C10H12BrN2O. The lowest BCUT2D eigenvalue weighted by atomic mass is 10.1. The molecule has 75 valence electrons. The maximum atomic E-state index is 11.3. The van der Waals surface area contributed by atoms with Crippen molar-refractivity contribution in [3.8, 4) is 0 Å². The van der Waals surface area contributed by atoms with Gasteiger partial charge >= 0.3 is 0 Å². The fourth-order valence-corrected chi connectivity index (χ4v) is 1.29. The van der Waals surface area contributed by atoms with Crippen LogP contribution >= 0.6 is 15.9 Å². The molecule has 0 bridgehead atoms. The van der Waals surface area contributed by atoms with Crippen LogP contribution in [-0.2, 0) is 4.79 Å². The highest BCUT2D eigenvalue weighted by Crippen LogP contribution is 2.10. The normalized spacial score (nSPS) is 10.3. The smallest absolute Gasteiger partial charge is 0.229 e. The molecule has 1 amide bonds. The van der Waals surface area contributed by atoms with Crippen LogP contribution in [0, 0.1) is 12.3 Å². The van der Waals surface area contributed by atoms with Gasteiger partial charge < -0.3 is 5.32 Å². The minimum absolute atomic E-state index is 0.120. The molecule has 0 unspecified atom stereocenters. The molecule has 0 aromatic carbocycles. The molecular weight excluding hydrogens is 244 g/mol. The third kappa shape index (κ3) is 3.87. The number of rotatable bonds is 3. The fourth-order valence-electron chi connectivity index (χ4n) is 0.949. The van der Waals surface area contributed by atoms with Crippen molar-refractivity contribution in [2.75, 3.05) is 5.32 Å². The third-order valence-corrected chi connectivity index (χ3v) is 1.89. The Morgan fingerprint density at radius 1 is 1.57 bits per heavy atom. The Labute approximate surface area is 92.1 Å². The Kier molecular flexibility index (Phi) is 4.07. The molecule has 0 saturated carbocycles. The van der Waals surface area contributed by atoms with E-state index in [1.54, 1.807) is 12.5 Å². The van der Waals surface area contributed by atoms with Crippen molar-refractivity contribution >= 4 is 27.7 Å². The summed E-state index contributed by atoms with van der Waals surface area (Å²) < 4.78 is 0.708. The topological polar surface area (TPSA) is 42.0 Å². The van der Waals surface area contributed by atoms with Gasteiger partial charge in [0.1, 0.15) is 10.4 Å². The van der Waals surface area contributed by atoms with Gasteiger partial charge in [-0.1, -0.05) is 19.9 Å². The predicted octanol–water partition coefficient (Wildman–Crippen LogP) is 2.64. The number of amides is 1. The molecule has 4 heteroatoms. The summed E-state index contributed by atoms with van der Waals surface area (Å²) in [7, 11) is 0. The first-order chi connectivity index (χ1) is 6.58. The van der Waals surface area contributed by atoms with Crippen LogP contribution in [0.3, 0.4) is 0 Å². The summed E-state index contributed by atoms with van der Waals surface area (Å²) in [6, 6.07) is 5.38. The number of carbonyl (C=O) groups is 1. The Morgan fingerprint density at radius 3 is 2.86 bits per heavy atom. The second kappa shape index (κ2) is 5.10. The highest BCUT2D eigenvalue weighted by atomic mass is 79.9. The molecule has 0 atom stereocenters. The van der Waals surface area contributed by atoms with Crippen LogP contribution in [0.1, 0.15) is 13.8 Å². The van der Waals surface area contributed by atoms with E-state index in [1.165, 1.54) is 0 Å². The van der Waals surface area contributed by atoms with Gasteiger partial charge in [-0.15, -0.1) is 0 Å². The molecule has 0 aliphatic heterocycles. The molecule has 1 N–H and O–H groups in total. The first kappa shape index (κ1) is 11.2. The number of hydrogen-bond donors (Lipinski definition) is 1. The van der Waals surface area contributed by atoms with E-state index in [9.17, 15) is 4.79 Å². The predicted molar refractivity (Wildman–Crippen MR) is 59.7 cm³/mol. The van der Waals surface area contributed by atoms with E-state index in [0.29, 0.717) is 10.4 Å². The van der Waals surface area contributed by atoms with E-state index < -0.39 is 0 Å². The zero-order chi connectivity index (χ0) is 10.6. The van der Waals surface area contributed by atoms with Gasteiger partial charge in [-0.2, -0.15) is 0 Å². The standard InChI is InChI=1S/C10H12BrN2O/c1-7(2)6-10(14)13-9-5-3-4-8(11)12-9/h3-7H,1-2H3,(H,12,13,14). The first-order valence-corrected chi connectivity index (χ1v) is 5.15. The van der Waals surface area contributed by atoms with Gasteiger partial charge in [0.15, 0.2) is 0 Å². The molecule has 3 nitrogen and oxygen atoms in total. The molecule has 1 aromatic heterocycles. The van der Waals surface area contributed by atoms with E-state index in [0.717, 1.165) is 0 Å². The van der Waals surface area contributed by atoms with E-state index in [1.807, 2.05) is 26.0 Å². The Hall–Kier alpha value is -0.900. The van der Waals surface area contributed by atoms with E-state index in [4.69, 9.17) is 0 Å². The lowest BCUT2D eigenvalue weighted by Gasteiger charge is -2.05. The molecule has 0 saturated heterocycles. The average Bonchev–Trinajstić information content (AvgIpc) is 2.01. The molecule has 1 rings (SSSR count). The van der Waals surface area contributed by atoms with Crippen LogP contribution in [0.4, 0.5) is 5.82 Å². The van der Waals surface area contributed by atoms with Gasteiger partial charge in [0.2, 0.25) is 5.91 Å². The summed E-state index contributed by atoms with van der Waals surface area (Å²) in [5, 5.41) is 2.68. The van der Waals surface area contributed by atoms with Crippen LogP contribution in [0.25, 0.3) is 0 Å².